The molecule has 0 saturated carbocycles. The Bertz CT molecular complexity index is 3480. The molecule has 0 fully saturated rings. The molecule has 0 aliphatic carbocycles. The van der Waals surface area contributed by atoms with Crippen molar-refractivity contribution in [3.63, 3.8) is 0 Å². The highest BCUT2D eigenvalue weighted by Gasteiger charge is 2.19. The van der Waals surface area contributed by atoms with Crippen LogP contribution in [0.3, 0.4) is 0 Å². The second kappa shape index (κ2) is 12.0. The maximum absolute atomic E-state index is 5.40. The van der Waals surface area contributed by atoms with E-state index in [0.29, 0.717) is 5.82 Å². The molecule has 12 rings (SSSR count). The highest BCUT2D eigenvalue weighted by molar-refractivity contribution is 6.15. The Kier molecular flexibility index (Phi) is 6.60. The molecule has 12 aromatic rings. The molecular formula is C52H32N4. The van der Waals surface area contributed by atoms with E-state index in [0.717, 1.165) is 50.0 Å². The fourth-order valence-corrected chi connectivity index (χ4v) is 9.00. The summed E-state index contributed by atoms with van der Waals surface area (Å²) in [6.45, 7) is 0. The molecule has 9 aromatic carbocycles. The Morgan fingerprint density at radius 2 is 0.857 bits per heavy atom. The van der Waals surface area contributed by atoms with E-state index < -0.39 is 0 Å². The molecule has 3 heterocycles. The third kappa shape index (κ3) is 4.53. The summed E-state index contributed by atoms with van der Waals surface area (Å²) >= 11 is 0. The van der Waals surface area contributed by atoms with E-state index >= 15 is 0 Å². The summed E-state index contributed by atoms with van der Waals surface area (Å²) in [5.41, 5.74) is 10.9. The van der Waals surface area contributed by atoms with Gasteiger partial charge in [0, 0.05) is 49.4 Å². The number of para-hydroxylation sites is 3. The van der Waals surface area contributed by atoms with Crippen molar-refractivity contribution >= 4 is 76.1 Å². The SMILES string of the molecule is c1ccc2c(-c3nc(-c4ccc(-n5c6ccccc6c6ccc(-n7c8ccccc8c8ccccc87)cc65)cc4)nc4ccc5ccccc5c34)cccc2c1. The quantitative estimate of drug-likeness (QED) is 0.170. The van der Waals surface area contributed by atoms with Gasteiger partial charge in [0.25, 0.3) is 0 Å². The van der Waals surface area contributed by atoms with Crippen LogP contribution in [0.2, 0.25) is 0 Å². The summed E-state index contributed by atoms with van der Waals surface area (Å²) in [4.78, 5) is 10.6. The first kappa shape index (κ1) is 30.9. The van der Waals surface area contributed by atoms with Crippen LogP contribution in [-0.2, 0) is 0 Å². The van der Waals surface area contributed by atoms with E-state index in [1.54, 1.807) is 0 Å². The van der Waals surface area contributed by atoms with Crippen molar-refractivity contribution in [2.45, 2.75) is 0 Å². The number of fused-ring (bicyclic) bond motifs is 10. The first-order chi connectivity index (χ1) is 27.8. The average Bonchev–Trinajstić information content (AvgIpc) is 3.78. The van der Waals surface area contributed by atoms with Gasteiger partial charge in [0.1, 0.15) is 0 Å². The Morgan fingerprint density at radius 3 is 1.54 bits per heavy atom. The van der Waals surface area contributed by atoms with Gasteiger partial charge in [-0.2, -0.15) is 0 Å². The largest absolute Gasteiger partial charge is 0.309 e. The first-order valence-electron chi connectivity index (χ1n) is 19.1. The Labute approximate surface area is 322 Å². The van der Waals surface area contributed by atoms with Gasteiger partial charge >= 0.3 is 0 Å². The summed E-state index contributed by atoms with van der Waals surface area (Å²) < 4.78 is 4.78. The number of hydrogen-bond donors (Lipinski definition) is 0. The maximum Gasteiger partial charge on any atom is 0.160 e. The molecular weight excluding hydrogens is 681 g/mol. The van der Waals surface area contributed by atoms with E-state index in [1.807, 2.05) is 0 Å². The van der Waals surface area contributed by atoms with Crippen LogP contribution in [0.5, 0.6) is 0 Å². The number of hydrogen-bond acceptors (Lipinski definition) is 2. The second-order valence-electron chi connectivity index (χ2n) is 14.6. The minimum atomic E-state index is 0.707. The molecule has 3 aromatic heterocycles. The van der Waals surface area contributed by atoms with Crippen LogP contribution >= 0.6 is 0 Å². The number of rotatable bonds is 4. The van der Waals surface area contributed by atoms with Crippen LogP contribution in [0.15, 0.2) is 194 Å². The molecule has 4 heteroatoms. The smallest absolute Gasteiger partial charge is 0.160 e. The molecule has 0 bridgehead atoms. The van der Waals surface area contributed by atoms with Crippen molar-refractivity contribution < 1.29 is 0 Å². The molecule has 0 atom stereocenters. The summed E-state index contributed by atoms with van der Waals surface area (Å²) in [6, 6.07) is 69.6. The first-order valence-corrected chi connectivity index (χ1v) is 19.1. The fraction of sp³-hybridized carbons (Fsp3) is 0. The summed E-state index contributed by atoms with van der Waals surface area (Å²) in [6.07, 6.45) is 0. The second-order valence-corrected chi connectivity index (χ2v) is 14.6. The van der Waals surface area contributed by atoms with Gasteiger partial charge in [-0.25, -0.2) is 9.97 Å². The number of nitrogens with zero attached hydrogens (tertiary/aromatic N) is 4. The molecule has 56 heavy (non-hydrogen) atoms. The van der Waals surface area contributed by atoms with E-state index in [2.05, 4.69) is 203 Å². The fourth-order valence-electron chi connectivity index (χ4n) is 9.00. The highest BCUT2D eigenvalue weighted by Crippen LogP contribution is 2.39. The molecule has 0 aliphatic rings. The summed E-state index contributed by atoms with van der Waals surface area (Å²) in [7, 11) is 0. The van der Waals surface area contributed by atoms with Gasteiger partial charge in [-0.05, 0) is 82.2 Å². The normalized spacial score (nSPS) is 11.9. The van der Waals surface area contributed by atoms with Crippen molar-refractivity contribution in [2.75, 3.05) is 0 Å². The van der Waals surface area contributed by atoms with Gasteiger partial charge in [-0.3, -0.25) is 0 Å². The molecule has 0 aliphatic heterocycles. The third-order valence-electron chi connectivity index (χ3n) is 11.5. The monoisotopic (exact) mass is 712 g/mol. The molecule has 0 unspecified atom stereocenters. The number of aromatic nitrogens is 4. The highest BCUT2D eigenvalue weighted by atomic mass is 15.0. The van der Waals surface area contributed by atoms with Crippen LogP contribution in [0.4, 0.5) is 0 Å². The van der Waals surface area contributed by atoms with Gasteiger partial charge in [0.05, 0.1) is 33.3 Å². The van der Waals surface area contributed by atoms with Crippen molar-refractivity contribution in [1.82, 2.24) is 19.1 Å². The van der Waals surface area contributed by atoms with E-state index in [-0.39, 0.29) is 0 Å². The van der Waals surface area contributed by atoms with Crippen LogP contribution in [0.1, 0.15) is 0 Å². The van der Waals surface area contributed by atoms with Gasteiger partial charge in [0.2, 0.25) is 0 Å². The van der Waals surface area contributed by atoms with Crippen LogP contribution in [-0.4, -0.2) is 19.1 Å². The van der Waals surface area contributed by atoms with Crippen LogP contribution in [0, 0.1) is 0 Å². The Morgan fingerprint density at radius 1 is 0.339 bits per heavy atom. The van der Waals surface area contributed by atoms with Crippen molar-refractivity contribution in [1.29, 1.82) is 0 Å². The van der Waals surface area contributed by atoms with Gasteiger partial charge in [-0.15, -0.1) is 0 Å². The zero-order valence-electron chi connectivity index (χ0n) is 30.3. The van der Waals surface area contributed by atoms with Crippen LogP contribution < -0.4 is 0 Å². The summed E-state index contributed by atoms with van der Waals surface area (Å²) in [5, 5.41) is 10.7. The van der Waals surface area contributed by atoms with E-state index in [4.69, 9.17) is 9.97 Å². The Hall–Kier alpha value is -7.56. The topological polar surface area (TPSA) is 35.6 Å². The molecule has 0 amide bonds. The lowest BCUT2D eigenvalue weighted by atomic mass is 9.96. The number of benzene rings is 9. The standard InChI is InChI=1S/C52H32N4/c1-3-15-38-33(12-1)14-11-20-44(38)51-50-39-16-4-2-13-34(39)26-31-45(50)53-52(54-51)35-24-27-36(28-25-35)55-46-21-8-7-19-42(46)43-30-29-37(32-49(43)55)56-47-22-9-5-17-40(47)41-18-6-10-23-48(41)56/h1-32H. The van der Waals surface area contributed by atoms with Crippen molar-refractivity contribution in [2.24, 2.45) is 0 Å². The van der Waals surface area contributed by atoms with Crippen molar-refractivity contribution in [3.05, 3.63) is 194 Å². The lowest BCUT2D eigenvalue weighted by Crippen LogP contribution is -1.98. The van der Waals surface area contributed by atoms with Crippen LogP contribution in [0.25, 0.3) is 110 Å². The zero-order chi connectivity index (χ0) is 36.7. The maximum atomic E-state index is 5.40. The minimum Gasteiger partial charge on any atom is -0.309 e. The molecule has 4 nitrogen and oxygen atoms in total. The zero-order valence-corrected chi connectivity index (χ0v) is 30.3. The van der Waals surface area contributed by atoms with Gasteiger partial charge in [0.15, 0.2) is 5.82 Å². The minimum absolute atomic E-state index is 0.707. The lowest BCUT2D eigenvalue weighted by Gasteiger charge is -2.14. The Balaban J connectivity index is 1.05. The van der Waals surface area contributed by atoms with Crippen molar-refractivity contribution in [3.8, 4) is 34.0 Å². The van der Waals surface area contributed by atoms with Gasteiger partial charge < -0.3 is 9.13 Å². The third-order valence-corrected chi connectivity index (χ3v) is 11.5. The molecule has 0 saturated heterocycles. The predicted molar refractivity (Wildman–Crippen MR) is 234 cm³/mol. The molecule has 0 N–H and O–H groups in total. The molecule has 260 valence electrons. The molecule has 0 spiro atoms. The summed E-state index contributed by atoms with van der Waals surface area (Å²) in [5.74, 6) is 0.707. The van der Waals surface area contributed by atoms with Gasteiger partial charge in [-0.1, -0.05) is 133 Å². The molecule has 0 radical (unpaired) electrons. The lowest BCUT2D eigenvalue weighted by molar-refractivity contribution is 1.15. The predicted octanol–water partition coefficient (Wildman–Crippen LogP) is 13.5. The average molecular weight is 713 g/mol. The van der Waals surface area contributed by atoms with E-state index in [1.165, 1.54) is 54.3 Å². The van der Waals surface area contributed by atoms with E-state index in [9.17, 15) is 0 Å².